The molecule has 5 aromatic rings. The molecule has 0 unspecified atom stereocenters. The summed E-state index contributed by atoms with van der Waals surface area (Å²) in [6, 6.07) is 18.1. The van der Waals surface area contributed by atoms with Gasteiger partial charge in [-0.2, -0.15) is 5.10 Å². The Kier molecular flexibility index (Phi) is 5.80. The number of fused-ring (bicyclic) bond motifs is 1. The van der Waals surface area contributed by atoms with Crippen LogP contribution in [0.15, 0.2) is 88.8 Å². The van der Waals surface area contributed by atoms with Crippen LogP contribution in [-0.2, 0) is 13.1 Å². The summed E-state index contributed by atoms with van der Waals surface area (Å²) in [6.07, 6.45) is 5.28. The van der Waals surface area contributed by atoms with E-state index in [4.69, 9.17) is 5.10 Å². The molecule has 0 fully saturated rings. The number of hydrogen-bond acceptors (Lipinski definition) is 5. The van der Waals surface area contributed by atoms with Crippen LogP contribution in [0.4, 0.5) is 0 Å². The summed E-state index contributed by atoms with van der Waals surface area (Å²) in [5.41, 5.74) is 3.12. The van der Waals surface area contributed by atoms with Gasteiger partial charge in [-0.25, -0.2) is 9.48 Å². The highest BCUT2D eigenvalue weighted by atomic mass is 16.2. The standard InChI is InChI=1S/C26H22N6O3/c1-2-31-25(34)21-9-8-18(14-22(21)29-26(31)35)24(33)28-15-19-16-32(20-6-4-3-5-7-20)30-23(19)17-10-12-27-13-11-17/h3-14,16H,2,15H2,1H3,(H,28,33)(H,29,35). The summed E-state index contributed by atoms with van der Waals surface area (Å²) in [7, 11) is 0. The Labute approximate surface area is 199 Å². The molecule has 2 N–H and O–H groups in total. The highest BCUT2D eigenvalue weighted by molar-refractivity contribution is 5.97. The number of carbonyl (C=O) groups excluding carboxylic acids is 1. The van der Waals surface area contributed by atoms with Gasteiger partial charge in [-0.15, -0.1) is 0 Å². The Balaban J connectivity index is 1.44. The van der Waals surface area contributed by atoms with E-state index in [1.807, 2.05) is 48.7 Å². The van der Waals surface area contributed by atoms with Crippen molar-refractivity contribution in [3.63, 3.8) is 0 Å². The Hall–Kier alpha value is -4.79. The molecule has 0 atom stereocenters. The van der Waals surface area contributed by atoms with E-state index >= 15 is 0 Å². The summed E-state index contributed by atoms with van der Waals surface area (Å²) in [6.45, 7) is 2.22. The minimum atomic E-state index is -0.502. The molecule has 9 heteroatoms. The number of nitrogens with zero attached hydrogens (tertiary/aromatic N) is 4. The number of carbonyl (C=O) groups is 1. The van der Waals surface area contributed by atoms with Crippen LogP contribution in [0.3, 0.4) is 0 Å². The predicted molar refractivity (Wildman–Crippen MR) is 132 cm³/mol. The fraction of sp³-hybridized carbons (Fsp3) is 0.115. The van der Waals surface area contributed by atoms with Crippen molar-refractivity contribution >= 4 is 16.8 Å². The fourth-order valence-electron chi connectivity index (χ4n) is 3.97. The van der Waals surface area contributed by atoms with E-state index in [2.05, 4.69) is 15.3 Å². The Bertz CT molecular complexity index is 1640. The molecule has 0 aliphatic carbocycles. The van der Waals surface area contributed by atoms with Crippen molar-refractivity contribution in [3.05, 3.63) is 111 Å². The average Bonchev–Trinajstić information content (AvgIpc) is 3.32. The molecule has 0 saturated carbocycles. The first-order valence-electron chi connectivity index (χ1n) is 11.1. The van der Waals surface area contributed by atoms with E-state index in [-0.39, 0.29) is 24.6 Å². The lowest BCUT2D eigenvalue weighted by molar-refractivity contribution is 0.0951. The van der Waals surface area contributed by atoms with Crippen molar-refractivity contribution in [1.29, 1.82) is 0 Å². The number of pyridine rings is 1. The van der Waals surface area contributed by atoms with Crippen LogP contribution in [0, 0.1) is 0 Å². The minimum absolute atomic E-state index is 0.231. The van der Waals surface area contributed by atoms with E-state index in [9.17, 15) is 14.4 Å². The van der Waals surface area contributed by atoms with Crippen molar-refractivity contribution in [2.75, 3.05) is 0 Å². The number of rotatable bonds is 6. The van der Waals surface area contributed by atoms with Gasteiger partial charge in [0.05, 0.1) is 22.3 Å². The van der Waals surface area contributed by atoms with E-state index < -0.39 is 5.69 Å². The Morgan fingerprint density at radius 2 is 1.80 bits per heavy atom. The number of nitrogens with one attached hydrogen (secondary N) is 2. The molecule has 174 valence electrons. The molecule has 5 rings (SSSR count). The van der Waals surface area contributed by atoms with Crippen LogP contribution < -0.4 is 16.6 Å². The number of amides is 1. The number of aromatic amines is 1. The monoisotopic (exact) mass is 466 g/mol. The van der Waals surface area contributed by atoms with Gasteiger partial charge in [0.2, 0.25) is 0 Å². The van der Waals surface area contributed by atoms with Gasteiger partial charge in [-0.05, 0) is 49.4 Å². The molecule has 0 spiro atoms. The number of hydrogen-bond donors (Lipinski definition) is 2. The van der Waals surface area contributed by atoms with Crippen LogP contribution in [0.2, 0.25) is 0 Å². The summed E-state index contributed by atoms with van der Waals surface area (Å²) < 4.78 is 2.89. The highest BCUT2D eigenvalue weighted by Gasteiger charge is 2.15. The zero-order chi connectivity index (χ0) is 24.4. The van der Waals surface area contributed by atoms with Crippen molar-refractivity contribution < 1.29 is 4.79 Å². The highest BCUT2D eigenvalue weighted by Crippen LogP contribution is 2.23. The van der Waals surface area contributed by atoms with E-state index in [0.717, 1.165) is 27.1 Å². The second-order valence-electron chi connectivity index (χ2n) is 7.94. The molecule has 0 saturated heterocycles. The Morgan fingerprint density at radius 1 is 1.03 bits per heavy atom. The third-order valence-electron chi connectivity index (χ3n) is 5.76. The number of aromatic nitrogens is 5. The lowest BCUT2D eigenvalue weighted by Gasteiger charge is -2.08. The topological polar surface area (TPSA) is 115 Å². The first-order chi connectivity index (χ1) is 17.0. The number of H-pyrrole nitrogens is 1. The summed E-state index contributed by atoms with van der Waals surface area (Å²) >= 11 is 0. The largest absolute Gasteiger partial charge is 0.348 e. The third kappa shape index (κ3) is 4.26. The molecule has 0 radical (unpaired) electrons. The van der Waals surface area contributed by atoms with Gasteiger partial charge in [0, 0.05) is 48.4 Å². The number of para-hydroxylation sites is 1. The fourth-order valence-corrected chi connectivity index (χ4v) is 3.97. The molecule has 0 aliphatic heterocycles. The van der Waals surface area contributed by atoms with E-state index in [1.54, 1.807) is 36.1 Å². The molecular formula is C26H22N6O3. The quantitative estimate of drug-likeness (QED) is 0.399. The SMILES string of the molecule is CCn1c(=O)[nH]c2cc(C(=O)NCc3cn(-c4ccccc4)nc3-c3ccncc3)ccc2c1=O. The van der Waals surface area contributed by atoms with Gasteiger partial charge in [0.25, 0.3) is 11.5 Å². The third-order valence-corrected chi connectivity index (χ3v) is 5.76. The van der Waals surface area contributed by atoms with Gasteiger partial charge in [0.1, 0.15) is 0 Å². The molecule has 35 heavy (non-hydrogen) atoms. The summed E-state index contributed by atoms with van der Waals surface area (Å²) in [4.78, 5) is 44.4. The molecule has 3 heterocycles. The van der Waals surface area contributed by atoms with Crippen molar-refractivity contribution in [1.82, 2.24) is 29.6 Å². The molecule has 2 aromatic carbocycles. The summed E-state index contributed by atoms with van der Waals surface area (Å²) in [5, 5.41) is 8.02. The van der Waals surface area contributed by atoms with Gasteiger partial charge in [-0.3, -0.25) is 19.1 Å². The molecule has 1 amide bonds. The van der Waals surface area contributed by atoms with E-state index in [0.29, 0.717) is 16.5 Å². The van der Waals surface area contributed by atoms with Crippen LogP contribution in [0.25, 0.3) is 27.8 Å². The normalized spacial score (nSPS) is 11.0. The number of benzene rings is 2. The van der Waals surface area contributed by atoms with Crippen LogP contribution in [0.1, 0.15) is 22.8 Å². The maximum absolute atomic E-state index is 13.0. The molecule has 0 aliphatic rings. The first kappa shape index (κ1) is 22.0. The van der Waals surface area contributed by atoms with E-state index in [1.165, 1.54) is 6.07 Å². The predicted octanol–water partition coefficient (Wildman–Crippen LogP) is 2.89. The van der Waals surface area contributed by atoms with Gasteiger partial charge in [-0.1, -0.05) is 18.2 Å². The average molecular weight is 467 g/mol. The van der Waals surface area contributed by atoms with Crippen molar-refractivity contribution in [2.24, 2.45) is 0 Å². The molecule has 0 bridgehead atoms. The van der Waals surface area contributed by atoms with Gasteiger partial charge >= 0.3 is 5.69 Å². The Morgan fingerprint density at radius 3 is 2.54 bits per heavy atom. The van der Waals surface area contributed by atoms with Crippen LogP contribution in [0.5, 0.6) is 0 Å². The lowest BCUT2D eigenvalue weighted by Crippen LogP contribution is -2.34. The maximum atomic E-state index is 13.0. The first-order valence-corrected chi connectivity index (χ1v) is 11.1. The molecule has 3 aromatic heterocycles. The molecule has 9 nitrogen and oxygen atoms in total. The van der Waals surface area contributed by atoms with Gasteiger partial charge in [0.15, 0.2) is 0 Å². The zero-order valence-corrected chi connectivity index (χ0v) is 18.9. The smallest absolute Gasteiger partial charge is 0.328 e. The van der Waals surface area contributed by atoms with Crippen molar-refractivity contribution in [2.45, 2.75) is 20.0 Å². The zero-order valence-electron chi connectivity index (χ0n) is 18.9. The second kappa shape index (κ2) is 9.22. The molecular weight excluding hydrogens is 444 g/mol. The second-order valence-corrected chi connectivity index (χ2v) is 7.94. The van der Waals surface area contributed by atoms with Crippen LogP contribution in [-0.4, -0.2) is 30.2 Å². The van der Waals surface area contributed by atoms with Gasteiger partial charge < -0.3 is 10.3 Å². The minimum Gasteiger partial charge on any atom is -0.348 e. The van der Waals surface area contributed by atoms with Crippen LogP contribution >= 0.6 is 0 Å². The lowest BCUT2D eigenvalue weighted by atomic mass is 10.1. The summed E-state index contributed by atoms with van der Waals surface area (Å²) in [5.74, 6) is -0.333. The van der Waals surface area contributed by atoms with Crippen molar-refractivity contribution in [3.8, 4) is 16.9 Å². The maximum Gasteiger partial charge on any atom is 0.328 e.